The molecule has 1 saturated carbocycles. The van der Waals surface area contributed by atoms with Crippen LogP contribution in [0.15, 0.2) is 71.3 Å². The summed E-state index contributed by atoms with van der Waals surface area (Å²) < 4.78 is 11.5. The summed E-state index contributed by atoms with van der Waals surface area (Å²) in [4.78, 5) is 16.4. The maximum Gasteiger partial charge on any atom is 0.248 e. The molecule has 0 spiro atoms. The number of hydrogen-bond acceptors (Lipinski definition) is 4. The lowest BCUT2D eigenvalue weighted by molar-refractivity contribution is -0.111. The van der Waals surface area contributed by atoms with Gasteiger partial charge in [0.05, 0.1) is 5.69 Å². The Morgan fingerprint density at radius 3 is 2.93 bits per heavy atom. The Morgan fingerprint density at radius 2 is 2.14 bits per heavy atom. The number of nitrogens with zero attached hydrogens (tertiary/aromatic N) is 1. The number of furan rings is 1. The van der Waals surface area contributed by atoms with Crippen LogP contribution in [0.25, 0.3) is 6.08 Å². The van der Waals surface area contributed by atoms with Crippen molar-refractivity contribution in [2.24, 2.45) is 5.92 Å². The molecule has 28 heavy (non-hydrogen) atoms. The summed E-state index contributed by atoms with van der Waals surface area (Å²) in [6, 6.07) is 16.9. The minimum Gasteiger partial charge on any atom is -0.487 e. The summed E-state index contributed by atoms with van der Waals surface area (Å²) in [6.45, 7) is 2.59. The molecular weight excluding hydrogens is 352 g/mol. The van der Waals surface area contributed by atoms with E-state index in [9.17, 15) is 4.79 Å². The highest BCUT2D eigenvalue weighted by atomic mass is 16.5. The SMILES string of the molecule is CC1CC1c1ccc(/C=C/C(=O)Nc2cccc(OCc3ccccn3)c2)o1. The van der Waals surface area contributed by atoms with Crippen LogP contribution in [0.1, 0.15) is 36.5 Å². The number of rotatable bonds is 7. The molecule has 1 N–H and O–H groups in total. The third-order valence-electron chi connectivity index (χ3n) is 4.74. The summed E-state index contributed by atoms with van der Waals surface area (Å²) in [6.07, 6.45) is 6.07. The number of pyridine rings is 1. The standard InChI is InChI=1S/C23H22N2O3/c1-16-13-21(16)22-10-8-19(28-22)9-11-23(26)25-17-6-4-7-20(14-17)27-15-18-5-2-3-12-24-18/h2-12,14,16,21H,13,15H2,1H3,(H,25,26)/b11-9+. The maximum absolute atomic E-state index is 12.2. The molecule has 5 heteroatoms. The van der Waals surface area contributed by atoms with Crippen molar-refractivity contribution in [2.75, 3.05) is 5.32 Å². The molecule has 1 aliphatic rings. The zero-order valence-corrected chi connectivity index (χ0v) is 15.7. The van der Waals surface area contributed by atoms with Gasteiger partial charge in [-0.3, -0.25) is 9.78 Å². The summed E-state index contributed by atoms with van der Waals surface area (Å²) in [7, 11) is 0. The Morgan fingerprint density at radius 1 is 1.25 bits per heavy atom. The van der Waals surface area contributed by atoms with Gasteiger partial charge in [0, 0.05) is 29.9 Å². The number of ether oxygens (including phenoxy) is 1. The fourth-order valence-corrected chi connectivity index (χ4v) is 3.02. The van der Waals surface area contributed by atoms with Crippen LogP contribution >= 0.6 is 0 Å². The van der Waals surface area contributed by atoms with E-state index < -0.39 is 0 Å². The molecule has 5 nitrogen and oxygen atoms in total. The van der Waals surface area contributed by atoms with E-state index in [1.807, 2.05) is 48.5 Å². The van der Waals surface area contributed by atoms with Crippen LogP contribution in [-0.2, 0) is 11.4 Å². The van der Waals surface area contributed by atoms with Crippen LogP contribution in [0.5, 0.6) is 5.75 Å². The van der Waals surface area contributed by atoms with Crippen molar-refractivity contribution in [2.45, 2.75) is 25.9 Å². The van der Waals surface area contributed by atoms with Crippen LogP contribution < -0.4 is 10.1 Å². The number of anilines is 1. The summed E-state index contributed by atoms with van der Waals surface area (Å²) in [5.74, 6) is 3.37. The van der Waals surface area contributed by atoms with Gasteiger partial charge >= 0.3 is 0 Å². The first-order valence-corrected chi connectivity index (χ1v) is 9.39. The number of nitrogens with one attached hydrogen (secondary N) is 1. The van der Waals surface area contributed by atoms with Crippen LogP contribution in [0.2, 0.25) is 0 Å². The van der Waals surface area contributed by atoms with Gasteiger partial charge in [0.25, 0.3) is 0 Å². The lowest BCUT2D eigenvalue weighted by Crippen LogP contribution is -2.07. The Bertz CT molecular complexity index is 978. The maximum atomic E-state index is 12.2. The normalized spacial score (nSPS) is 18.2. The van der Waals surface area contributed by atoms with Crippen molar-refractivity contribution in [3.63, 3.8) is 0 Å². The average molecular weight is 374 g/mol. The topological polar surface area (TPSA) is 64.4 Å². The highest BCUT2D eigenvalue weighted by molar-refractivity contribution is 6.01. The van der Waals surface area contributed by atoms with Gasteiger partial charge < -0.3 is 14.5 Å². The molecule has 142 valence electrons. The summed E-state index contributed by atoms with van der Waals surface area (Å²) in [5.41, 5.74) is 1.51. The van der Waals surface area contributed by atoms with Gasteiger partial charge in [0.2, 0.25) is 5.91 Å². The Labute approximate surface area is 164 Å². The fourth-order valence-electron chi connectivity index (χ4n) is 3.02. The zero-order chi connectivity index (χ0) is 19.3. The van der Waals surface area contributed by atoms with E-state index >= 15 is 0 Å². The second-order valence-electron chi connectivity index (χ2n) is 7.02. The molecule has 2 atom stereocenters. The van der Waals surface area contributed by atoms with Crippen molar-refractivity contribution in [3.8, 4) is 5.75 Å². The molecule has 1 aliphatic carbocycles. The molecule has 0 radical (unpaired) electrons. The zero-order valence-electron chi connectivity index (χ0n) is 15.7. The van der Waals surface area contributed by atoms with E-state index in [1.54, 1.807) is 18.3 Å². The fraction of sp³-hybridized carbons (Fsp3) is 0.217. The quantitative estimate of drug-likeness (QED) is 0.589. The van der Waals surface area contributed by atoms with E-state index in [1.165, 1.54) is 12.5 Å². The van der Waals surface area contributed by atoms with Crippen LogP contribution in [-0.4, -0.2) is 10.9 Å². The first-order valence-electron chi connectivity index (χ1n) is 9.39. The van der Waals surface area contributed by atoms with E-state index in [-0.39, 0.29) is 5.91 Å². The molecule has 0 bridgehead atoms. The number of hydrogen-bond donors (Lipinski definition) is 1. The minimum absolute atomic E-state index is 0.223. The number of benzene rings is 1. The molecule has 1 amide bonds. The Kier molecular flexibility index (Phi) is 5.24. The smallest absolute Gasteiger partial charge is 0.248 e. The lowest BCUT2D eigenvalue weighted by atomic mass is 10.3. The molecule has 0 saturated heterocycles. The number of carbonyl (C=O) groups is 1. The molecule has 1 fully saturated rings. The van der Waals surface area contributed by atoms with Crippen LogP contribution in [0.3, 0.4) is 0 Å². The van der Waals surface area contributed by atoms with Crippen molar-refractivity contribution in [1.29, 1.82) is 0 Å². The predicted molar refractivity (Wildman–Crippen MR) is 108 cm³/mol. The highest BCUT2D eigenvalue weighted by Crippen LogP contribution is 2.47. The van der Waals surface area contributed by atoms with Crippen molar-refractivity contribution in [1.82, 2.24) is 4.98 Å². The molecular formula is C23H22N2O3. The third-order valence-corrected chi connectivity index (χ3v) is 4.74. The summed E-state index contributed by atoms with van der Waals surface area (Å²) >= 11 is 0. The average Bonchev–Trinajstić information content (AvgIpc) is 3.25. The van der Waals surface area contributed by atoms with Gasteiger partial charge in [-0.15, -0.1) is 0 Å². The number of amides is 1. The number of carbonyl (C=O) groups excluding carboxylic acids is 1. The Balaban J connectivity index is 1.32. The second-order valence-corrected chi connectivity index (χ2v) is 7.02. The first kappa shape index (κ1) is 18.0. The van der Waals surface area contributed by atoms with Crippen molar-refractivity contribution < 1.29 is 13.9 Å². The van der Waals surface area contributed by atoms with Crippen LogP contribution in [0.4, 0.5) is 5.69 Å². The van der Waals surface area contributed by atoms with Crippen molar-refractivity contribution >= 4 is 17.7 Å². The first-order chi connectivity index (χ1) is 13.7. The van der Waals surface area contributed by atoms with E-state index in [0.717, 1.165) is 11.5 Å². The summed E-state index contributed by atoms with van der Waals surface area (Å²) in [5, 5.41) is 2.84. The van der Waals surface area contributed by atoms with Gasteiger partial charge in [0.15, 0.2) is 0 Å². The van der Waals surface area contributed by atoms with Gasteiger partial charge in [-0.2, -0.15) is 0 Å². The molecule has 2 heterocycles. The molecule has 3 aromatic rings. The predicted octanol–water partition coefficient (Wildman–Crippen LogP) is 5.03. The molecule has 0 aliphatic heterocycles. The molecule has 2 unspecified atom stereocenters. The second kappa shape index (κ2) is 8.13. The number of aromatic nitrogens is 1. The van der Waals surface area contributed by atoms with Gasteiger partial charge in [-0.25, -0.2) is 0 Å². The van der Waals surface area contributed by atoms with E-state index in [2.05, 4.69) is 17.2 Å². The monoisotopic (exact) mass is 374 g/mol. The van der Waals surface area contributed by atoms with Gasteiger partial charge in [0.1, 0.15) is 23.9 Å². The Hall–Kier alpha value is -3.34. The van der Waals surface area contributed by atoms with Gasteiger partial charge in [-0.1, -0.05) is 19.1 Å². The lowest BCUT2D eigenvalue weighted by Gasteiger charge is -2.08. The minimum atomic E-state index is -0.223. The van der Waals surface area contributed by atoms with Gasteiger partial charge in [-0.05, 0) is 54.8 Å². The van der Waals surface area contributed by atoms with Crippen molar-refractivity contribution in [3.05, 3.63) is 84.1 Å². The highest BCUT2D eigenvalue weighted by Gasteiger charge is 2.36. The molecule has 2 aromatic heterocycles. The van der Waals surface area contributed by atoms with Crippen LogP contribution in [0, 0.1) is 5.92 Å². The van der Waals surface area contributed by atoms with E-state index in [0.29, 0.717) is 35.6 Å². The molecule has 1 aromatic carbocycles. The third kappa shape index (κ3) is 4.68. The molecule has 4 rings (SSSR count). The van der Waals surface area contributed by atoms with E-state index in [4.69, 9.17) is 9.15 Å². The largest absolute Gasteiger partial charge is 0.487 e.